The Morgan fingerprint density at radius 1 is 1.41 bits per heavy atom. The zero-order valence-corrected chi connectivity index (χ0v) is 12.0. The summed E-state index contributed by atoms with van der Waals surface area (Å²) in [5.41, 5.74) is 1.45. The van der Waals surface area contributed by atoms with Crippen molar-refractivity contribution in [2.45, 2.75) is 46.6 Å². The molecule has 0 aliphatic heterocycles. The molecule has 1 aromatic rings. The lowest BCUT2D eigenvalue weighted by molar-refractivity contribution is 0.320. The van der Waals surface area contributed by atoms with Gasteiger partial charge in [-0.05, 0) is 36.4 Å². The quantitative estimate of drug-likeness (QED) is 0.838. The summed E-state index contributed by atoms with van der Waals surface area (Å²) in [7, 11) is 0. The third-order valence-corrected chi connectivity index (χ3v) is 3.22. The first kappa shape index (κ1) is 14.5. The minimum absolute atomic E-state index is 0.257. The van der Waals surface area contributed by atoms with Crippen molar-refractivity contribution in [2.24, 2.45) is 5.41 Å². The van der Waals surface area contributed by atoms with Crippen molar-refractivity contribution in [3.8, 4) is 0 Å². The van der Waals surface area contributed by atoms with Crippen LogP contribution in [0.2, 0.25) is 5.02 Å². The largest absolute Gasteiger partial charge is 0.315 e. The molecule has 0 unspecified atom stereocenters. The topological polar surface area (TPSA) is 24.9 Å². The van der Waals surface area contributed by atoms with Gasteiger partial charge in [0.05, 0.1) is 5.02 Å². The predicted molar refractivity (Wildman–Crippen MR) is 74.5 cm³/mol. The average molecular weight is 255 g/mol. The predicted octanol–water partition coefficient (Wildman–Crippen LogP) is 3.69. The lowest BCUT2D eigenvalue weighted by atomic mass is 9.83. The molecule has 0 saturated carbocycles. The summed E-state index contributed by atoms with van der Waals surface area (Å²) in [6.07, 6.45) is 5.67. The van der Waals surface area contributed by atoms with Crippen molar-refractivity contribution in [1.82, 2.24) is 10.3 Å². The van der Waals surface area contributed by atoms with E-state index in [0.29, 0.717) is 6.04 Å². The number of aromatic nitrogens is 1. The third-order valence-electron chi connectivity index (χ3n) is 2.88. The smallest absolute Gasteiger partial charge is 0.0621 e. The average Bonchev–Trinajstić information content (AvgIpc) is 2.20. The zero-order valence-electron chi connectivity index (χ0n) is 11.3. The summed E-state index contributed by atoms with van der Waals surface area (Å²) >= 11 is 6.14. The van der Waals surface area contributed by atoms with E-state index in [1.807, 2.05) is 12.3 Å². The summed E-state index contributed by atoms with van der Waals surface area (Å²) in [4.78, 5) is 4.02. The molecule has 1 aromatic heterocycles. The van der Waals surface area contributed by atoms with Crippen LogP contribution >= 0.6 is 11.6 Å². The molecule has 0 saturated heterocycles. The fourth-order valence-corrected chi connectivity index (χ4v) is 2.04. The molecule has 0 aromatic carbocycles. The lowest BCUT2D eigenvalue weighted by Gasteiger charge is -2.25. The molecule has 0 fully saturated rings. The monoisotopic (exact) mass is 254 g/mol. The lowest BCUT2D eigenvalue weighted by Crippen LogP contribution is -2.28. The fraction of sp³-hybridized carbons (Fsp3) is 0.643. The second-order valence-corrected chi connectivity index (χ2v) is 6.07. The number of nitrogens with one attached hydrogen (secondary N) is 1. The summed E-state index contributed by atoms with van der Waals surface area (Å²) in [6.45, 7) is 9.96. The second-order valence-electron chi connectivity index (χ2n) is 5.67. The van der Waals surface area contributed by atoms with E-state index in [0.717, 1.165) is 24.4 Å². The third kappa shape index (κ3) is 5.51. The van der Waals surface area contributed by atoms with Gasteiger partial charge >= 0.3 is 0 Å². The highest BCUT2D eigenvalue weighted by Gasteiger charge is 2.19. The first-order valence-electron chi connectivity index (χ1n) is 6.22. The van der Waals surface area contributed by atoms with Crippen LogP contribution in [0.3, 0.4) is 0 Å². The fourth-order valence-electron chi connectivity index (χ4n) is 1.85. The van der Waals surface area contributed by atoms with E-state index in [1.165, 1.54) is 5.56 Å². The van der Waals surface area contributed by atoms with E-state index in [1.54, 1.807) is 6.20 Å². The number of nitrogens with zero attached hydrogens (tertiary/aromatic N) is 1. The van der Waals surface area contributed by atoms with Crippen molar-refractivity contribution < 1.29 is 0 Å². The molecule has 1 rings (SSSR count). The molecule has 0 aliphatic carbocycles. The van der Waals surface area contributed by atoms with Crippen molar-refractivity contribution in [3.63, 3.8) is 0 Å². The van der Waals surface area contributed by atoms with Crippen LogP contribution in [0.4, 0.5) is 0 Å². The van der Waals surface area contributed by atoms with E-state index in [4.69, 9.17) is 11.6 Å². The van der Waals surface area contributed by atoms with Crippen molar-refractivity contribution in [2.75, 3.05) is 6.54 Å². The molecular weight excluding hydrogens is 232 g/mol. The van der Waals surface area contributed by atoms with Crippen molar-refractivity contribution in [3.05, 3.63) is 29.0 Å². The Bertz CT molecular complexity index is 348. The van der Waals surface area contributed by atoms with Gasteiger partial charge in [-0.15, -0.1) is 0 Å². The van der Waals surface area contributed by atoms with E-state index < -0.39 is 0 Å². The van der Waals surface area contributed by atoms with Gasteiger partial charge in [-0.1, -0.05) is 39.3 Å². The van der Waals surface area contributed by atoms with Crippen LogP contribution < -0.4 is 5.32 Å². The highest BCUT2D eigenvalue weighted by atomic mass is 35.5. The van der Waals surface area contributed by atoms with Crippen molar-refractivity contribution >= 4 is 11.6 Å². The Morgan fingerprint density at radius 2 is 2.12 bits per heavy atom. The molecule has 96 valence electrons. The van der Waals surface area contributed by atoms with Crippen LogP contribution in [0.25, 0.3) is 0 Å². The SMILES string of the molecule is CC(C)NCCC(C)(C)Cc1ccncc1Cl. The summed E-state index contributed by atoms with van der Waals surface area (Å²) in [6, 6.07) is 2.57. The van der Waals surface area contributed by atoms with Crippen LogP contribution in [0.5, 0.6) is 0 Å². The maximum atomic E-state index is 6.14. The van der Waals surface area contributed by atoms with Gasteiger partial charge in [0.1, 0.15) is 0 Å². The van der Waals surface area contributed by atoms with Crippen molar-refractivity contribution in [1.29, 1.82) is 0 Å². The number of rotatable bonds is 6. The molecule has 0 aliphatic rings. The molecule has 0 radical (unpaired) electrons. The molecule has 1 N–H and O–H groups in total. The van der Waals surface area contributed by atoms with Gasteiger partial charge in [0.15, 0.2) is 0 Å². The Kier molecular flexibility index (Phi) is 5.41. The Hall–Kier alpha value is -0.600. The first-order valence-corrected chi connectivity index (χ1v) is 6.60. The minimum Gasteiger partial charge on any atom is -0.315 e. The minimum atomic E-state index is 0.257. The zero-order chi connectivity index (χ0) is 12.9. The summed E-state index contributed by atoms with van der Waals surface area (Å²) < 4.78 is 0. The number of halogens is 1. The molecule has 0 bridgehead atoms. The Morgan fingerprint density at radius 3 is 2.71 bits per heavy atom. The van der Waals surface area contributed by atoms with Gasteiger partial charge < -0.3 is 5.32 Å². The molecule has 2 nitrogen and oxygen atoms in total. The second kappa shape index (κ2) is 6.36. The molecule has 0 amide bonds. The standard InChI is InChI=1S/C14H23ClN2/c1-11(2)17-8-6-14(3,4)9-12-5-7-16-10-13(12)15/h5,7,10-11,17H,6,8-9H2,1-4H3. The molecule has 1 heterocycles. The molecule has 0 atom stereocenters. The van der Waals surface area contributed by atoms with Gasteiger partial charge in [0.2, 0.25) is 0 Å². The summed E-state index contributed by atoms with van der Waals surface area (Å²) in [5.74, 6) is 0. The molecule has 0 spiro atoms. The van der Waals surface area contributed by atoms with Crippen LogP contribution in [0.1, 0.15) is 39.7 Å². The van der Waals surface area contributed by atoms with Gasteiger partial charge in [0, 0.05) is 18.4 Å². The maximum Gasteiger partial charge on any atom is 0.0621 e. The Balaban J connectivity index is 2.51. The maximum absolute atomic E-state index is 6.14. The molecule has 17 heavy (non-hydrogen) atoms. The van der Waals surface area contributed by atoms with Crippen LogP contribution in [0.15, 0.2) is 18.5 Å². The van der Waals surface area contributed by atoms with E-state index >= 15 is 0 Å². The highest BCUT2D eigenvalue weighted by Crippen LogP contribution is 2.28. The van der Waals surface area contributed by atoms with Gasteiger partial charge in [-0.3, -0.25) is 4.98 Å². The molecular formula is C14H23ClN2. The highest BCUT2D eigenvalue weighted by molar-refractivity contribution is 6.31. The molecule has 3 heteroatoms. The number of hydrogen-bond donors (Lipinski definition) is 1. The van der Waals surface area contributed by atoms with Crippen LogP contribution in [0, 0.1) is 5.41 Å². The van der Waals surface area contributed by atoms with Gasteiger partial charge in [0.25, 0.3) is 0 Å². The van der Waals surface area contributed by atoms with E-state index in [2.05, 4.69) is 38.0 Å². The van der Waals surface area contributed by atoms with Crippen LogP contribution in [-0.4, -0.2) is 17.6 Å². The van der Waals surface area contributed by atoms with E-state index in [-0.39, 0.29) is 5.41 Å². The summed E-state index contributed by atoms with van der Waals surface area (Å²) in [5, 5.41) is 4.23. The normalized spacial score (nSPS) is 12.1. The number of pyridine rings is 1. The number of hydrogen-bond acceptors (Lipinski definition) is 2. The first-order chi connectivity index (χ1) is 7.91. The van der Waals surface area contributed by atoms with E-state index in [9.17, 15) is 0 Å². The Labute approximate surface area is 110 Å². The van der Waals surface area contributed by atoms with Gasteiger partial charge in [-0.25, -0.2) is 0 Å². The van der Waals surface area contributed by atoms with Gasteiger partial charge in [-0.2, -0.15) is 0 Å². The van der Waals surface area contributed by atoms with Crippen LogP contribution in [-0.2, 0) is 6.42 Å².